The summed E-state index contributed by atoms with van der Waals surface area (Å²) in [5.74, 6) is 0. The fraction of sp³-hybridized carbons (Fsp3) is 0.333. The minimum atomic E-state index is -2.24. The molecule has 6 heteroatoms. The molecule has 1 rings (SSSR count). The molecule has 0 aliphatic rings. The fourth-order valence-corrected chi connectivity index (χ4v) is 0.826. The van der Waals surface area contributed by atoms with Crippen LogP contribution in [-0.2, 0) is 22.2 Å². The summed E-state index contributed by atoms with van der Waals surface area (Å²) in [6.07, 6.45) is 3.07. The summed E-state index contributed by atoms with van der Waals surface area (Å²) < 4.78 is 22.7. The van der Waals surface area contributed by atoms with Crippen LogP contribution in [0.3, 0.4) is 0 Å². The number of hydrogen-bond acceptors (Lipinski definition) is 4. The van der Waals surface area contributed by atoms with Gasteiger partial charge in [-0.2, -0.15) is 4.21 Å². The molecule has 1 N–H and O–H groups in total. The summed E-state index contributed by atoms with van der Waals surface area (Å²) in [7, 11) is 0. The first-order valence-electron chi connectivity index (χ1n) is 3.20. The zero-order chi connectivity index (χ0) is 8.97. The van der Waals surface area contributed by atoms with Gasteiger partial charge in [-0.05, 0) is 6.92 Å². The largest absolute Gasteiger partial charge is 0.302 e. The van der Waals surface area contributed by atoms with Gasteiger partial charge in [-0.15, -0.1) is 0 Å². The topological polar surface area (TPSA) is 72.3 Å². The summed E-state index contributed by atoms with van der Waals surface area (Å²) in [6, 6.07) is 0. The van der Waals surface area contributed by atoms with Crippen LogP contribution < -0.4 is 0 Å². The molecular formula is C6H8N2O3S. The van der Waals surface area contributed by atoms with Crippen LogP contribution in [0.4, 0.5) is 0 Å². The van der Waals surface area contributed by atoms with Crippen LogP contribution in [0.5, 0.6) is 0 Å². The van der Waals surface area contributed by atoms with Gasteiger partial charge in [0, 0.05) is 6.20 Å². The summed E-state index contributed by atoms with van der Waals surface area (Å²) in [5, 5.41) is 0. The predicted octanol–water partition coefficient (Wildman–Crippen LogP) is 0.438. The number of aryl methyl sites for hydroxylation is 1. The van der Waals surface area contributed by atoms with Crippen LogP contribution in [0, 0.1) is 6.92 Å². The number of aromatic nitrogens is 2. The molecule has 5 nitrogen and oxygen atoms in total. The maximum Gasteiger partial charge on any atom is 0.302 e. The predicted molar refractivity (Wildman–Crippen MR) is 42.3 cm³/mol. The van der Waals surface area contributed by atoms with E-state index in [1.54, 1.807) is 6.20 Å². The maximum atomic E-state index is 10.1. The van der Waals surface area contributed by atoms with E-state index in [1.807, 2.05) is 6.92 Å². The van der Waals surface area contributed by atoms with Crippen molar-refractivity contribution in [1.82, 2.24) is 9.97 Å². The molecule has 12 heavy (non-hydrogen) atoms. The molecule has 1 aromatic rings. The Kier molecular flexibility index (Phi) is 3.27. The van der Waals surface area contributed by atoms with Crippen molar-refractivity contribution >= 4 is 11.4 Å². The van der Waals surface area contributed by atoms with Gasteiger partial charge in [0.05, 0.1) is 17.6 Å². The van der Waals surface area contributed by atoms with Crippen molar-refractivity contribution in [2.45, 2.75) is 13.5 Å². The third-order valence-electron chi connectivity index (χ3n) is 1.14. The lowest BCUT2D eigenvalue weighted by Crippen LogP contribution is -1.99. The molecule has 0 saturated carbocycles. The fourth-order valence-electron chi connectivity index (χ4n) is 0.605. The van der Waals surface area contributed by atoms with Gasteiger partial charge in [0.2, 0.25) is 0 Å². The van der Waals surface area contributed by atoms with Gasteiger partial charge in [-0.1, -0.05) is 0 Å². The number of hydrogen-bond donors (Lipinski definition) is 1. The number of nitrogens with zero attached hydrogens (tertiary/aromatic N) is 2. The lowest BCUT2D eigenvalue weighted by Gasteiger charge is -1.97. The third-order valence-corrected chi connectivity index (χ3v) is 1.46. The highest BCUT2D eigenvalue weighted by Crippen LogP contribution is 1.96. The zero-order valence-electron chi connectivity index (χ0n) is 6.43. The minimum Gasteiger partial charge on any atom is -0.284 e. The number of rotatable bonds is 3. The quantitative estimate of drug-likeness (QED) is 0.697. The van der Waals surface area contributed by atoms with Crippen molar-refractivity contribution in [3.63, 3.8) is 0 Å². The van der Waals surface area contributed by atoms with Crippen molar-refractivity contribution in [2.24, 2.45) is 0 Å². The maximum absolute atomic E-state index is 10.1. The molecule has 0 amide bonds. The third kappa shape index (κ3) is 3.04. The monoisotopic (exact) mass is 188 g/mol. The Bertz CT molecular complexity index is 275. The van der Waals surface area contributed by atoms with Crippen molar-refractivity contribution in [1.29, 1.82) is 0 Å². The Hall–Kier alpha value is -0.850. The highest BCUT2D eigenvalue weighted by molar-refractivity contribution is 7.74. The Balaban J connectivity index is 2.53. The van der Waals surface area contributed by atoms with Crippen molar-refractivity contribution in [3.8, 4) is 0 Å². The van der Waals surface area contributed by atoms with Crippen LogP contribution in [0.25, 0.3) is 0 Å². The molecule has 0 radical (unpaired) electrons. The van der Waals surface area contributed by atoms with E-state index in [4.69, 9.17) is 4.55 Å². The van der Waals surface area contributed by atoms with E-state index in [9.17, 15) is 4.21 Å². The zero-order valence-corrected chi connectivity index (χ0v) is 7.24. The Morgan fingerprint density at radius 1 is 1.58 bits per heavy atom. The molecule has 1 atom stereocenters. The lowest BCUT2D eigenvalue weighted by atomic mass is 10.4. The lowest BCUT2D eigenvalue weighted by molar-refractivity contribution is 0.292. The van der Waals surface area contributed by atoms with Gasteiger partial charge in [-0.25, -0.2) is 0 Å². The van der Waals surface area contributed by atoms with Gasteiger partial charge in [0.25, 0.3) is 0 Å². The highest BCUT2D eigenvalue weighted by atomic mass is 32.2. The van der Waals surface area contributed by atoms with Crippen LogP contribution in [0.2, 0.25) is 0 Å². The van der Waals surface area contributed by atoms with E-state index in [0.29, 0.717) is 5.69 Å². The summed E-state index contributed by atoms with van der Waals surface area (Å²) in [6.45, 7) is 1.80. The van der Waals surface area contributed by atoms with Gasteiger partial charge in [-0.3, -0.25) is 18.7 Å². The molecule has 0 aromatic carbocycles. The van der Waals surface area contributed by atoms with E-state index in [0.717, 1.165) is 5.69 Å². The molecule has 1 unspecified atom stereocenters. The first-order valence-corrected chi connectivity index (χ1v) is 4.23. The normalized spacial score (nSPS) is 12.8. The summed E-state index contributed by atoms with van der Waals surface area (Å²) >= 11 is -2.24. The average molecular weight is 188 g/mol. The van der Waals surface area contributed by atoms with Gasteiger partial charge >= 0.3 is 11.4 Å². The minimum absolute atomic E-state index is 0.00358. The first kappa shape index (κ1) is 9.24. The molecule has 1 aromatic heterocycles. The van der Waals surface area contributed by atoms with Crippen molar-refractivity contribution < 1.29 is 12.9 Å². The van der Waals surface area contributed by atoms with Gasteiger partial charge in [0.1, 0.15) is 6.61 Å². The molecule has 0 spiro atoms. The molecular weight excluding hydrogens is 180 g/mol. The second-order valence-corrected chi connectivity index (χ2v) is 2.80. The molecule has 0 bridgehead atoms. The van der Waals surface area contributed by atoms with Crippen LogP contribution >= 0.6 is 0 Å². The molecule has 0 aliphatic heterocycles. The van der Waals surface area contributed by atoms with E-state index in [-0.39, 0.29) is 6.61 Å². The van der Waals surface area contributed by atoms with Crippen LogP contribution in [-0.4, -0.2) is 18.7 Å². The Morgan fingerprint density at radius 2 is 2.33 bits per heavy atom. The Labute approximate surface area is 72.3 Å². The second kappa shape index (κ2) is 4.24. The van der Waals surface area contributed by atoms with Gasteiger partial charge < -0.3 is 0 Å². The molecule has 1 heterocycles. The van der Waals surface area contributed by atoms with E-state index in [2.05, 4.69) is 14.2 Å². The molecule has 0 fully saturated rings. The van der Waals surface area contributed by atoms with Crippen LogP contribution in [0.1, 0.15) is 11.4 Å². The average Bonchev–Trinajstić information content (AvgIpc) is 2.03. The molecule has 0 aliphatic carbocycles. The van der Waals surface area contributed by atoms with E-state index < -0.39 is 11.4 Å². The highest BCUT2D eigenvalue weighted by Gasteiger charge is 1.97. The van der Waals surface area contributed by atoms with E-state index in [1.165, 1.54) is 6.20 Å². The van der Waals surface area contributed by atoms with Gasteiger partial charge in [0.15, 0.2) is 0 Å². The smallest absolute Gasteiger partial charge is 0.284 e. The SMILES string of the molecule is Cc1cnc(COS(=O)O)cn1. The van der Waals surface area contributed by atoms with Crippen molar-refractivity contribution in [2.75, 3.05) is 0 Å². The van der Waals surface area contributed by atoms with Crippen molar-refractivity contribution in [3.05, 3.63) is 23.8 Å². The Morgan fingerprint density at radius 3 is 2.83 bits per heavy atom. The van der Waals surface area contributed by atoms with E-state index >= 15 is 0 Å². The first-order chi connectivity index (χ1) is 5.68. The van der Waals surface area contributed by atoms with Crippen LogP contribution in [0.15, 0.2) is 12.4 Å². The summed E-state index contributed by atoms with van der Waals surface area (Å²) in [5.41, 5.74) is 1.33. The molecule has 0 saturated heterocycles. The second-order valence-electron chi connectivity index (χ2n) is 2.13. The molecule has 66 valence electrons. The standard InChI is InChI=1S/C6H8N2O3S/c1-5-2-8-6(3-7-5)4-11-12(9)10/h2-3H,4H2,1H3,(H,9,10). The summed E-state index contributed by atoms with van der Waals surface area (Å²) in [4.78, 5) is 7.85.